The van der Waals surface area contributed by atoms with Crippen LogP contribution < -0.4 is 0 Å². The maximum absolute atomic E-state index is 6.25. The monoisotopic (exact) mass is 665 g/mol. The molecule has 0 bridgehead atoms. The molecule has 12 rings (SSSR count). The van der Waals surface area contributed by atoms with Crippen LogP contribution in [0, 0.1) is 0 Å². The quantitative estimate of drug-likeness (QED) is 0.189. The van der Waals surface area contributed by atoms with Crippen LogP contribution in [0.5, 0.6) is 0 Å². The van der Waals surface area contributed by atoms with Crippen molar-refractivity contribution in [3.8, 4) is 27.9 Å². The van der Waals surface area contributed by atoms with E-state index in [0.717, 1.165) is 93.7 Å². The molecule has 0 saturated heterocycles. The van der Waals surface area contributed by atoms with E-state index in [-0.39, 0.29) is 0 Å². The molecule has 4 aromatic heterocycles. The number of rotatable bonds is 3. The number of hydrogen-bond donors (Lipinski definition) is 0. The minimum absolute atomic E-state index is 0.883. The summed E-state index contributed by atoms with van der Waals surface area (Å²) in [5, 5.41) is 9.09. The molecule has 0 N–H and O–H groups in total. The van der Waals surface area contributed by atoms with E-state index < -0.39 is 0 Å². The highest BCUT2D eigenvalue weighted by Gasteiger charge is 2.21. The molecule has 0 spiro atoms. The Morgan fingerprint density at radius 3 is 1.19 bits per heavy atom. The Hall–Kier alpha value is -7.04. The van der Waals surface area contributed by atoms with Gasteiger partial charge in [-0.2, -0.15) is 0 Å². The van der Waals surface area contributed by atoms with Crippen molar-refractivity contribution < 1.29 is 13.3 Å². The molecule has 0 aliphatic heterocycles. The summed E-state index contributed by atoms with van der Waals surface area (Å²) >= 11 is 0. The summed E-state index contributed by atoms with van der Waals surface area (Å²) in [6, 6.07) is 57.9. The molecular weight excluding hydrogens is 639 g/mol. The van der Waals surface area contributed by atoms with Gasteiger partial charge in [-0.1, -0.05) is 91.0 Å². The van der Waals surface area contributed by atoms with Gasteiger partial charge in [0.15, 0.2) is 0 Å². The van der Waals surface area contributed by atoms with Gasteiger partial charge in [0.2, 0.25) is 0 Å². The molecule has 242 valence electrons. The Morgan fingerprint density at radius 1 is 0.308 bits per heavy atom. The molecule has 0 unspecified atom stereocenters. The van der Waals surface area contributed by atoms with Crippen molar-refractivity contribution in [2.45, 2.75) is 0 Å². The molecule has 0 fully saturated rings. The second-order valence-corrected chi connectivity index (χ2v) is 13.6. The molecule has 0 saturated carbocycles. The fourth-order valence-corrected chi connectivity index (χ4v) is 8.51. The van der Waals surface area contributed by atoms with Crippen LogP contribution >= 0.6 is 0 Å². The molecule has 0 aliphatic rings. The Balaban J connectivity index is 1.19. The van der Waals surface area contributed by atoms with Gasteiger partial charge in [-0.15, -0.1) is 0 Å². The zero-order chi connectivity index (χ0) is 33.9. The predicted octanol–water partition coefficient (Wildman–Crippen LogP) is 13.8. The number of hydrogen-bond acceptors (Lipinski definition) is 3. The Labute approximate surface area is 296 Å². The van der Waals surface area contributed by atoms with Gasteiger partial charge in [0, 0.05) is 48.8 Å². The molecule has 0 amide bonds. The van der Waals surface area contributed by atoms with Crippen LogP contribution in [0.25, 0.3) is 116 Å². The van der Waals surface area contributed by atoms with Crippen LogP contribution in [0.15, 0.2) is 177 Å². The van der Waals surface area contributed by atoms with E-state index in [4.69, 9.17) is 13.3 Å². The Kier molecular flexibility index (Phi) is 5.47. The van der Waals surface area contributed by atoms with Crippen molar-refractivity contribution in [1.29, 1.82) is 0 Å². The molecule has 12 aromatic rings. The van der Waals surface area contributed by atoms with E-state index in [9.17, 15) is 0 Å². The third kappa shape index (κ3) is 3.81. The lowest BCUT2D eigenvalue weighted by atomic mass is 9.93. The standard InChI is InChI=1S/C48H27NO3/c1-4-16-41-33(9-1)36-25-28(19-22-44(36)50-41)31-12-7-14-39-47(31)48-32(29-20-23-45-37(26-29)34-10-2-5-17-42(34)51-45)13-8-15-40(48)49(39)30-21-24-46-38(27-30)35-11-3-6-18-43(35)52-46/h1-27H. The Bertz CT molecular complexity index is 3250. The van der Waals surface area contributed by atoms with Crippen molar-refractivity contribution in [3.05, 3.63) is 164 Å². The first-order chi connectivity index (χ1) is 25.8. The highest BCUT2D eigenvalue weighted by molar-refractivity contribution is 6.22. The highest BCUT2D eigenvalue weighted by atomic mass is 16.3. The van der Waals surface area contributed by atoms with Crippen LogP contribution in [0.1, 0.15) is 0 Å². The lowest BCUT2D eigenvalue weighted by Crippen LogP contribution is -1.93. The van der Waals surface area contributed by atoms with E-state index in [1.807, 2.05) is 36.4 Å². The van der Waals surface area contributed by atoms with E-state index in [1.165, 1.54) is 21.9 Å². The molecule has 4 nitrogen and oxygen atoms in total. The summed E-state index contributed by atoms with van der Waals surface area (Å²) in [6.45, 7) is 0. The van der Waals surface area contributed by atoms with Crippen LogP contribution in [0.3, 0.4) is 0 Å². The SMILES string of the molecule is c1ccc2c(c1)oc1ccc(-c3cccc4c3c3c(-c5ccc6oc7ccccc7c6c5)cccc3n4-c3ccc4oc5ccccc5c4c3)cc12. The zero-order valence-corrected chi connectivity index (χ0v) is 27.8. The van der Waals surface area contributed by atoms with E-state index in [2.05, 4.69) is 132 Å². The maximum atomic E-state index is 6.25. The number of nitrogens with zero attached hydrogens (tertiary/aromatic N) is 1. The predicted molar refractivity (Wildman–Crippen MR) is 213 cm³/mol. The normalized spacial score (nSPS) is 12.2. The van der Waals surface area contributed by atoms with Crippen molar-refractivity contribution >= 4 is 87.6 Å². The third-order valence-electron chi connectivity index (χ3n) is 10.8. The number of benzene rings is 8. The lowest BCUT2D eigenvalue weighted by Gasteiger charge is -2.09. The molecular formula is C48H27NO3. The summed E-state index contributed by atoms with van der Waals surface area (Å²) in [5.74, 6) is 0. The summed E-state index contributed by atoms with van der Waals surface area (Å²) in [4.78, 5) is 0. The van der Waals surface area contributed by atoms with E-state index in [0.29, 0.717) is 0 Å². The van der Waals surface area contributed by atoms with Gasteiger partial charge in [-0.05, 0) is 95.1 Å². The Morgan fingerprint density at radius 2 is 0.712 bits per heavy atom. The van der Waals surface area contributed by atoms with Gasteiger partial charge in [0.05, 0.1) is 11.0 Å². The molecule has 0 atom stereocenters. The van der Waals surface area contributed by atoms with Crippen molar-refractivity contribution in [2.24, 2.45) is 0 Å². The number of aromatic nitrogens is 1. The maximum Gasteiger partial charge on any atom is 0.135 e. The average Bonchev–Trinajstić information content (AvgIpc) is 3.95. The van der Waals surface area contributed by atoms with E-state index in [1.54, 1.807) is 0 Å². The molecule has 4 heterocycles. The summed E-state index contributed by atoms with van der Waals surface area (Å²) in [5.41, 5.74) is 13.3. The first kappa shape index (κ1) is 27.7. The van der Waals surface area contributed by atoms with Gasteiger partial charge >= 0.3 is 0 Å². The largest absolute Gasteiger partial charge is 0.456 e. The summed E-state index contributed by atoms with van der Waals surface area (Å²) in [7, 11) is 0. The van der Waals surface area contributed by atoms with Gasteiger partial charge in [0.1, 0.15) is 33.5 Å². The minimum atomic E-state index is 0.883. The minimum Gasteiger partial charge on any atom is -0.456 e. The first-order valence-electron chi connectivity index (χ1n) is 17.6. The third-order valence-corrected chi connectivity index (χ3v) is 10.8. The van der Waals surface area contributed by atoms with Crippen LogP contribution in [-0.2, 0) is 0 Å². The first-order valence-corrected chi connectivity index (χ1v) is 17.6. The fraction of sp³-hybridized carbons (Fsp3) is 0. The average molecular weight is 666 g/mol. The molecule has 8 aromatic carbocycles. The van der Waals surface area contributed by atoms with Gasteiger partial charge in [-0.3, -0.25) is 0 Å². The summed E-state index contributed by atoms with van der Waals surface area (Å²) in [6.07, 6.45) is 0. The lowest BCUT2D eigenvalue weighted by molar-refractivity contribution is 0.668. The van der Waals surface area contributed by atoms with Gasteiger partial charge in [0.25, 0.3) is 0 Å². The van der Waals surface area contributed by atoms with Crippen molar-refractivity contribution in [2.75, 3.05) is 0 Å². The number of fused-ring (bicyclic) bond motifs is 12. The van der Waals surface area contributed by atoms with Gasteiger partial charge < -0.3 is 17.8 Å². The van der Waals surface area contributed by atoms with Crippen molar-refractivity contribution in [3.63, 3.8) is 0 Å². The highest BCUT2D eigenvalue weighted by Crippen LogP contribution is 2.45. The topological polar surface area (TPSA) is 44.4 Å². The smallest absolute Gasteiger partial charge is 0.135 e. The second kappa shape index (κ2) is 10.3. The second-order valence-electron chi connectivity index (χ2n) is 13.6. The number of para-hydroxylation sites is 3. The molecule has 0 radical (unpaired) electrons. The summed E-state index contributed by atoms with van der Waals surface area (Å²) < 4.78 is 21.1. The molecule has 52 heavy (non-hydrogen) atoms. The molecule has 4 heteroatoms. The zero-order valence-electron chi connectivity index (χ0n) is 27.8. The number of furan rings is 3. The van der Waals surface area contributed by atoms with Crippen molar-refractivity contribution in [1.82, 2.24) is 4.57 Å². The van der Waals surface area contributed by atoms with E-state index >= 15 is 0 Å². The fourth-order valence-electron chi connectivity index (χ4n) is 8.51. The molecule has 0 aliphatic carbocycles. The van der Waals surface area contributed by atoms with Crippen LogP contribution in [0.2, 0.25) is 0 Å². The van der Waals surface area contributed by atoms with Crippen LogP contribution in [-0.4, -0.2) is 4.57 Å². The van der Waals surface area contributed by atoms with Crippen LogP contribution in [0.4, 0.5) is 0 Å². The van der Waals surface area contributed by atoms with Gasteiger partial charge in [-0.25, -0.2) is 0 Å².